The molecule has 39 heavy (non-hydrogen) atoms. The maximum atomic E-state index is 13.4. The largest absolute Gasteiger partial charge is 0.486 e. The third kappa shape index (κ3) is 4.68. The fraction of sp³-hybridized carbons (Fsp3) is 0.407. The average molecular weight is 540 g/mol. The number of benzene rings is 1. The van der Waals surface area contributed by atoms with Gasteiger partial charge in [0, 0.05) is 48.9 Å². The molecule has 204 valence electrons. The Bertz CT molecular complexity index is 1550. The number of carbonyl (C=O) groups excluding carboxylic acids is 1. The van der Waals surface area contributed by atoms with Crippen LogP contribution in [0, 0.1) is 0 Å². The summed E-state index contributed by atoms with van der Waals surface area (Å²) in [6.07, 6.45) is 0.756. The van der Waals surface area contributed by atoms with Crippen LogP contribution >= 0.6 is 0 Å². The minimum absolute atomic E-state index is 0.0478. The molecule has 1 aliphatic heterocycles. The van der Waals surface area contributed by atoms with Gasteiger partial charge < -0.3 is 15.4 Å². The summed E-state index contributed by atoms with van der Waals surface area (Å²) < 4.78 is 49.1. The molecule has 12 heteroatoms. The van der Waals surface area contributed by atoms with E-state index in [4.69, 9.17) is 9.84 Å². The van der Waals surface area contributed by atoms with Gasteiger partial charge in [-0.15, -0.1) is 0 Å². The molecule has 0 saturated heterocycles. The van der Waals surface area contributed by atoms with E-state index in [9.17, 15) is 18.0 Å². The van der Waals surface area contributed by atoms with Crippen molar-refractivity contribution in [2.45, 2.75) is 57.5 Å². The van der Waals surface area contributed by atoms with Crippen LogP contribution in [0.25, 0.3) is 22.2 Å². The molecule has 0 unspecified atom stereocenters. The highest BCUT2D eigenvalue weighted by atomic mass is 19.4. The molecule has 2 N–H and O–H groups in total. The van der Waals surface area contributed by atoms with E-state index in [2.05, 4.69) is 20.7 Å². The van der Waals surface area contributed by atoms with Gasteiger partial charge in [-0.05, 0) is 50.3 Å². The summed E-state index contributed by atoms with van der Waals surface area (Å²) in [7, 11) is 1.45. The van der Waals surface area contributed by atoms with E-state index < -0.39 is 11.9 Å². The second-order valence-electron chi connectivity index (χ2n) is 10.0. The minimum Gasteiger partial charge on any atom is -0.486 e. The van der Waals surface area contributed by atoms with Crippen molar-refractivity contribution in [3.8, 4) is 17.0 Å². The van der Waals surface area contributed by atoms with Crippen LogP contribution in [0.3, 0.4) is 0 Å². The lowest BCUT2D eigenvalue weighted by atomic mass is 9.93. The lowest BCUT2D eigenvalue weighted by Gasteiger charge is -2.29. The van der Waals surface area contributed by atoms with Gasteiger partial charge in [0.25, 0.3) is 5.91 Å². The Kier molecular flexibility index (Phi) is 6.19. The van der Waals surface area contributed by atoms with Crippen LogP contribution < -0.4 is 15.4 Å². The first-order chi connectivity index (χ1) is 18.7. The summed E-state index contributed by atoms with van der Waals surface area (Å²) >= 11 is 0. The number of ether oxygens (including phenoxy) is 1. The molecule has 0 bridgehead atoms. The van der Waals surface area contributed by atoms with Crippen LogP contribution in [-0.4, -0.2) is 43.1 Å². The number of carbonyl (C=O) groups is 1. The topological polar surface area (TPSA) is 98.9 Å². The molecule has 4 heterocycles. The number of rotatable bonds is 6. The first-order valence-electron chi connectivity index (χ1n) is 13.0. The molecule has 4 aromatic rings. The van der Waals surface area contributed by atoms with E-state index in [-0.39, 0.29) is 23.8 Å². The molecule has 1 saturated carbocycles. The van der Waals surface area contributed by atoms with Gasteiger partial charge in [0.15, 0.2) is 5.75 Å². The number of aromatic nitrogens is 5. The molecular formula is C27H28F3N7O2. The number of anilines is 1. The Morgan fingerprint density at radius 1 is 1.15 bits per heavy atom. The van der Waals surface area contributed by atoms with Gasteiger partial charge in [0.2, 0.25) is 5.69 Å². The van der Waals surface area contributed by atoms with Crippen LogP contribution in [0.5, 0.6) is 5.75 Å². The molecule has 1 aromatic carbocycles. The summed E-state index contributed by atoms with van der Waals surface area (Å²) in [6, 6.07) is 7.77. The first-order valence-corrected chi connectivity index (χ1v) is 13.0. The molecule has 1 amide bonds. The van der Waals surface area contributed by atoms with Gasteiger partial charge in [-0.2, -0.15) is 23.4 Å². The summed E-state index contributed by atoms with van der Waals surface area (Å²) in [5.41, 5.74) is 3.23. The number of alkyl halides is 3. The Labute approximate surface area is 222 Å². The van der Waals surface area contributed by atoms with E-state index >= 15 is 0 Å². The summed E-state index contributed by atoms with van der Waals surface area (Å²) in [6.45, 7) is 3.21. The lowest BCUT2D eigenvalue weighted by molar-refractivity contribution is -0.143. The Morgan fingerprint density at radius 3 is 2.69 bits per heavy atom. The number of amides is 1. The SMILES string of the molecule is CCNc1cc2c(cn1)c(-c1ccc3c(c1)CNC3=O)nn2C1CCC(Oc2cn(C)nc2C(F)(F)F)CC1. The van der Waals surface area contributed by atoms with Crippen LogP contribution in [0.4, 0.5) is 19.0 Å². The van der Waals surface area contributed by atoms with Crippen molar-refractivity contribution >= 4 is 22.6 Å². The molecule has 0 atom stereocenters. The zero-order valence-electron chi connectivity index (χ0n) is 21.5. The van der Waals surface area contributed by atoms with E-state index in [0.29, 0.717) is 37.8 Å². The fourth-order valence-corrected chi connectivity index (χ4v) is 5.52. The summed E-state index contributed by atoms with van der Waals surface area (Å²) in [4.78, 5) is 16.6. The van der Waals surface area contributed by atoms with Crippen LogP contribution in [-0.2, 0) is 19.8 Å². The molecule has 0 radical (unpaired) electrons. The zero-order chi connectivity index (χ0) is 27.3. The maximum Gasteiger partial charge on any atom is 0.438 e. The Morgan fingerprint density at radius 2 is 1.95 bits per heavy atom. The van der Waals surface area contributed by atoms with Gasteiger partial charge in [0.05, 0.1) is 23.9 Å². The molecule has 3 aromatic heterocycles. The number of nitrogens with one attached hydrogen (secondary N) is 2. The average Bonchev–Trinajstić information content (AvgIpc) is 3.59. The van der Waals surface area contributed by atoms with Crippen molar-refractivity contribution in [1.82, 2.24) is 29.9 Å². The second-order valence-corrected chi connectivity index (χ2v) is 10.0. The van der Waals surface area contributed by atoms with Crippen LogP contribution in [0.2, 0.25) is 0 Å². The number of pyridine rings is 1. The van der Waals surface area contributed by atoms with Gasteiger partial charge in [-0.1, -0.05) is 6.07 Å². The molecule has 1 fully saturated rings. The smallest absolute Gasteiger partial charge is 0.438 e. The fourth-order valence-electron chi connectivity index (χ4n) is 5.52. The zero-order valence-corrected chi connectivity index (χ0v) is 21.5. The lowest BCUT2D eigenvalue weighted by Crippen LogP contribution is -2.27. The monoisotopic (exact) mass is 539 g/mol. The Balaban J connectivity index is 1.28. The molecule has 9 nitrogen and oxygen atoms in total. The van der Waals surface area contributed by atoms with Crippen molar-refractivity contribution in [3.05, 3.63) is 53.5 Å². The predicted octanol–water partition coefficient (Wildman–Crippen LogP) is 5.09. The van der Waals surface area contributed by atoms with Crippen molar-refractivity contribution in [3.63, 3.8) is 0 Å². The van der Waals surface area contributed by atoms with Crippen molar-refractivity contribution < 1.29 is 22.7 Å². The van der Waals surface area contributed by atoms with E-state index in [1.165, 1.54) is 13.2 Å². The maximum absolute atomic E-state index is 13.4. The molecule has 1 aliphatic carbocycles. The first kappa shape index (κ1) is 25.2. The number of aryl methyl sites for hydroxylation is 1. The van der Waals surface area contributed by atoms with Crippen molar-refractivity contribution in [2.75, 3.05) is 11.9 Å². The molecular weight excluding hydrogens is 511 g/mol. The standard InChI is InChI=1S/C27H28F3N7O2/c1-3-31-23-11-21-20(13-32-23)24(15-4-9-19-16(10-15)12-33-26(19)38)34-37(21)17-5-7-18(8-6-17)39-22-14-36(2)35-25(22)27(28,29)30/h4,9-11,13-14,17-18H,3,5-8,12H2,1-2H3,(H,31,32)(H,33,38). The van der Waals surface area contributed by atoms with E-state index in [1.54, 1.807) is 0 Å². The van der Waals surface area contributed by atoms with Crippen LogP contribution in [0.1, 0.15) is 60.3 Å². The molecule has 0 spiro atoms. The van der Waals surface area contributed by atoms with E-state index in [0.717, 1.165) is 44.8 Å². The number of hydrogen-bond acceptors (Lipinski definition) is 6. The van der Waals surface area contributed by atoms with Crippen molar-refractivity contribution in [2.24, 2.45) is 7.05 Å². The molecule has 6 rings (SSSR count). The normalized spacial score (nSPS) is 19.3. The van der Waals surface area contributed by atoms with Gasteiger partial charge in [-0.3, -0.25) is 14.2 Å². The van der Waals surface area contributed by atoms with Crippen molar-refractivity contribution in [1.29, 1.82) is 0 Å². The predicted molar refractivity (Wildman–Crippen MR) is 138 cm³/mol. The Hall–Kier alpha value is -4.09. The second kappa shape index (κ2) is 9.58. The molecule has 2 aliphatic rings. The third-order valence-corrected chi connectivity index (χ3v) is 7.36. The number of hydrogen-bond donors (Lipinski definition) is 2. The highest BCUT2D eigenvalue weighted by Crippen LogP contribution is 2.39. The summed E-state index contributed by atoms with van der Waals surface area (Å²) in [5.74, 6) is 0.442. The van der Waals surface area contributed by atoms with E-state index in [1.807, 2.05) is 42.1 Å². The number of fused-ring (bicyclic) bond motifs is 2. The van der Waals surface area contributed by atoms with Gasteiger partial charge in [0.1, 0.15) is 11.5 Å². The third-order valence-electron chi connectivity index (χ3n) is 7.36. The van der Waals surface area contributed by atoms with Gasteiger partial charge in [-0.25, -0.2) is 4.98 Å². The minimum atomic E-state index is -4.57. The highest BCUT2D eigenvalue weighted by Gasteiger charge is 2.39. The van der Waals surface area contributed by atoms with Crippen LogP contribution in [0.15, 0.2) is 36.7 Å². The number of halogens is 3. The highest BCUT2D eigenvalue weighted by molar-refractivity contribution is 6.00. The van der Waals surface area contributed by atoms with Gasteiger partial charge >= 0.3 is 6.18 Å². The summed E-state index contributed by atoms with van der Waals surface area (Å²) in [5, 5.41) is 15.6. The number of nitrogens with zero attached hydrogens (tertiary/aromatic N) is 5. The quantitative estimate of drug-likeness (QED) is 0.354.